The van der Waals surface area contributed by atoms with Crippen LogP contribution in [0.5, 0.6) is 0 Å². The third-order valence-electron chi connectivity index (χ3n) is 4.36. The lowest BCUT2D eigenvalue weighted by Crippen LogP contribution is -2.16. The van der Waals surface area contributed by atoms with Crippen LogP contribution in [0.1, 0.15) is 47.5 Å². The maximum absolute atomic E-state index is 12.9. The molecule has 0 spiro atoms. The van der Waals surface area contributed by atoms with Crippen molar-refractivity contribution in [2.75, 3.05) is 5.32 Å². The van der Waals surface area contributed by atoms with Crippen molar-refractivity contribution in [1.82, 2.24) is 15.0 Å². The minimum Gasteiger partial charge on any atom is -0.297 e. The number of hydrogen-bond donors (Lipinski definition) is 1. The van der Waals surface area contributed by atoms with Crippen molar-refractivity contribution in [3.05, 3.63) is 46.2 Å². The molecule has 3 heterocycles. The molecule has 0 saturated heterocycles. The molecule has 0 radical (unpaired) electrons. The van der Waals surface area contributed by atoms with Gasteiger partial charge in [0.25, 0.3) is 5.91 Å². The Bertz CT molecular complexity index is 1150. The Balaban J connectivity index is 1.73. The molecule has 0 aliphatic carbocycles. The number of aromatic nitrogens is 3. The predicted octanol–water partition coefficient (Wildman–Crippen LogP) is 5.47. The number of thiophene rings is 1. The summed E-state index contributed by atoms with van der Waals surface area (Å²) in [7, 11) is 0. The van der Waals surface area contributed by atoms with Crippen molar-refractivity contribution in [3.8, 4) is 0 Å². The highest BCUT2D eigenvalue weighted by molar-refractivity contribution is 7.23. The number of hydrogen-bond acceptors (Lipinski definition) is 6. The standard InChI is InChI=1S/C20H20N4OS2/c1-10-14-11(2)21-18(20(3,4)5)24-17(14)27-15(10)16(25)23-19-22-12-8-6-7-9-13(12)26-19/h6-9H,1-5H3,(H,22,23,25). The largest absolute Gasteiger partial charge is 0.297 e. The molecular weight excluding hydrogens is 376 g/mol. The van der Waals surface area contributed by atoms with Crippen LogP contribution in [0, 0.1) is 13.8 Å². The number of aryl methyl sites for hydroxylation is 2. The Hall–Kier alpha value is -2.38. The van der Waals surface area contributed by atoms with E-state index in [4.69, 9.17) is 4.98 Å². The predicted molar refractivity (Wildman–Crippen MR) is 113 cm³/mol. The van der Waals surface area contributed by atoms with Crippen molar-refractivity contribution < 1.29 is 4.79 Å². The van der Waals surface area contributed by atoms with Gasteiger partial charge in [0.05, 0.1) is 20.8 Å². The van der Waals surface area contributed by atoms with Crippen LogP contribution >= 0.6 is 22.7 Å². The van der Waals surface area contributed by atoms with Crippen molar-refractivity contribution in [3.63, 3.8) is 0 Å². The maximum atomic E-state index is 12.9. The van der Waals surface area contributed by atoms with E-state index in [-0.39, 0.29) is 11.3 Å². The lowest BCUT2D eigenvalue weighted by molar-refractivity contribution is 0.103. The topological polar surface area (TPSA) is 67.8 Å². The fourth-order valence-electron chi connectivity index (χ4n) is 2.97. The molecule has 27 heavy (non-hydrogen) atoms. The van der Waals surface area contributed by atoms with E-state index in [9.17, 15) is 4.79 Å². The molecule has 0 aliphatic rings. The molecular formula is C20H20N4OS2. The molecule has 5 nitrogen and oxygen atoms in total. The molecule has 1 amide bonds. The van der Waals surface area contributed by atoms with Gasteiger partial charge in [0.1, 0.15) is 10.7 Å². The quantitative estimate of drug-likeness (QED) is 0.488. The first-order valence-electron chi connectivity index (χ1n) is 8.69. The number of rotatable bonds is 2. The monoisotopic (exact) mass is 396 g/mol. The molecule has 0 saturated carbocycles. The van der Waals surface area contributed by atoms with Crippen molar-refractivity contribution >= 4 is 54.1 Å². The fraction of sp³-hybridized carbons (Fsp3) is 0.300. The van der Waals surface area contributed by atoms with Crippen LogP contribution in [0.15, 0.2) is 24.3 Å². The molecule has 3 aromatic heterocycles. The molecule has 138 valence electrons. The minimum absolute atomic E-state index is 0.139. The van der Waals surface area contributed by atoms with Gasteiger partial charge < -0.3 is 0 Å². The molecule has 7 heteroatoms. The summed E-state index contributed by atoms with van der Waals surface area (Å²) >= 11 is 2.89. The Morgan fingerprint density at radius 2 is 1.78 bits per heavy atom. The van der Waals surface area contributed by atoms with E-state index in [1.165, 1.54) is 22.7 Å². The number of fused-ring (bicyclic) bond motifs is 2. The van der Waals surface area contributed by atoms with Gasteiger partial charge in [0, 0.05) is 10.8 Å². The first-order chi connectivity index (χ1) is 12.7. The highest BCUT2D eigenvalue weighted by Crippen LogP contribution is 2.34. The first kappa shape index (κ1) is 18.0. The van der Waals surface area contributed by atoms with Crippen molar-refractivity contribution in [2.45, 2.75) is 40.0 Å². The zero-order chi connectivity index (χ0) is 19.3. The number of anilines is 1. The van der Waals surface area contributed by atoms with Gasteiger partial charge in [0.2, 0.25) is 0 Å². The summed E-state index contributed by atoms with van der Waals surface area (Å²) in [5, 5.41) is 4.53. The van der Waals surface area contributed by atoms with Crippen LogP contribution in [0.2, 0.25) is 0 Å². The maximum Gasteiger partial charge on any atom is 0.267 e. The van der Waals surface area contributed by atoms with E-state index < -0.39 is 0 Å². The van der Waals surface area contributed by atoms with Crippen molar-refractivity contribution in [2.24, 2.45) is 0 Å². The summed E-state index contributed by atoms with van der Waals surface area (Å²) < 4.78 is 1.05. The Morgan fingerprint density at radius 1 is 1.04 bits per heavy atom. The van der Waals surface area contributed by atoms with Crippen LogP contribution in [-0.2, 0) is 5.41 Å². The van der Waals surface area contributed by atoms with Crippen molar-refractivity contribution in [1.29, 1.82) is 0 Å². The van der Waals surface area contributed by atoms with Crippen LogP contribution in [0.3, 0.4) is 0 Å². The first-order valence-corrected chi connectivity index (χ1v) is 10.3. The lowest BCUT2D eigenvalue weighted by Gasteiger charge is -2.16. The molecule has 0 atom stereocenters. The summed E-state index contributed by atoms with van der Waals surface area (Å²) in [5.41, 5.74) is 2.59. The summed E-state index contributed by atoms with van der Waals surface area (Å²) in [6.45, 7) is 10.2. The Morgan fingerprint density at radius 3 is 2.48 bits per heavy atom. The van der Waals surface area contributed by atoms with Gasteiger partial charge in [-0.2, -0.15) is 0 Å². The van der Waals surface area contributed by atoms with Gasteiger partial charge in [0.15, 0.2) is 5.13 Å². The molecule has 4 aromatic rings. The molecule has 4 rings (SSSR count). The number of carbonyl (C=O) groups excluding carboxylic acids is 1. The SMILES string of the molecule is Cc1nc(C(C)(C)C)nc2sc(C(=O)Nc3nc4ccccc4s3)c(C)c12. The smallest absolute Gasteiger partial charge is 0.267 e. The molecule has 0 aliphatic heterocycles. The second-order valence-corrected chi connectivity index (χ2v) is 9.59. The van der Waals surface area contributed by atoms with E-state index in [0.717, 1.165) is 37.5 Å². The molecule has 0 fully saturated rings. The van der Waals surface area contributed by atoms with Gasteiger partial charge in [-0.05, 0) is 31.5 Å². The van der Waals surface area contributed by atoms with Crippen LogP contribution in [0.25, 0.3) is 20.4 Å². The number of benzene rings is 1. The van der Waals surface area contributed by atoms with Crippen LogP contribution in [0.4, 0.5) is 5.13 Å². The number of nitrogens with one attached hydrogen (secondary N) is 1. The molecule has 0 unspecified atom stereocenters. The third kappa shape index (κ3) is 3.21. The third-order valence-corrected chi connectivity index (χ3v) is 6.50. The summed E-state index contributed by atoms with van der Waals surface area (Å²) in [4.78, 5) is 28.3. The second kappa shape index (κ2) is 6.35. The van der Waals surface area contributed by atoms with Gasteiger partial charge in [-0.3, -0.25) is 10.1 Å². The van der Waals surface area contributed by atoms with Gasteiger partial charge in [-0.15, -0.1) is 11.3 Å². The summed E-state index contributed by atoms with van der Waals surface area (Å²) in [5.74, 6) is 0.651. The Labute approximate surface area is 165 Å². The normalized spacial score (nSPS) is 12.0. The highest BCUT2D eigenvalue weighted by Gasteiger charge is 2.23. The number of para-hydroxylation sites is 1. The van der Waals surface area contributed by atoms with Gasteiger partial charge in [-0.1, -0.05) is 44.2 Å². The second-order valence-electron chi connectivity index (χ2n) is 7.56. The lowest BCUT2D eigenvalue weighted by atomic mass is 9.95. The van der Waals surface area contributed by atoms with E-state index in [2.05, 4.69) is 36.1 Å². The van der Waals surface area contributed by atoms with E-state index in [1.54, 1.807) is 0 Å². The molecule has 0 bridgehead atoms. The molecule has 1 N–H and O–H groups in total. The minimum atomic E-state index is -0.147. The average Bonchev–Trinajstić information content (AvgIpc) is 3.14. The Kier molecular flexibility index (Phi) is 4.24. The van der Waals surface area contributed by atoms with E-state index >= 15 is 0 Å². The summed E-state index contributed by atoms with van der Waals surface area (Å²) in [6, 6.07) is 7.86. The number of thiazole rings is 1. The zero-order valence-corrected chi connectivity index (χ0v) is 17.5. The fourth-order valence-corrected chi connectivity index (χ4v) is 4.96. The number of amides is 1. The van der Waals surface area contributed by atoms with E-state index in [1.807, 2.05) is 38.1 Å². The molecule has 1 aromatic carbocycles. The van der Waals surface area contributed by atoms with Crippen LogP contribution < -0.4 is 5.32 Å². The van der Waals surface area contributed by atoms with E-state index in [0.29, 0.717) is 10.0 Å². The number of nitrogens with zero attached hydrogens (tertiary/aromatic N) is 3. The average molecular weight is 397 g/mol. The summed E-state index contributed by atoms with van der Waals surface area (Å²) in [6.07, 6.45) is 0. The number of carbonyl (C=O) groups is 1. The van der Waals surface area contributed by atoms with Gasteiger partial charge in [-0.25, -0.2) is 15.0 Å². The highest BCUT2D eigenvalue weighted by atomic mass is 32.1. The van der Waals surface area contributed by atoms with Gasteiger partial charge >= 0.3 is 0 Å². The zero-order valence-electron chi connectivity index (χ0n) is 15.9. The van der Waals surface area contributed by atoms with Crippen LogP contribution in [-0.4, -0.2) is 20.9 Å².